The van der Waals surface area contributed by atoms with E-state index in [0.717, 1.165) is 5.56 Å². The molecule has 1 N–H and O–H groups in total. The number of piperidine rings is 1. The first-order valence-corrected chi connectivity index (χ1v) is 8.91. The summed E-state index contributed by atoms with van der Waals surface area (Å²) in [5, 5.41) is 14.8. The number of ether oxygens (including phenoxy) is 3. The quantitative estimate of drug-likeness (QED) is 0.463. The van der Waals surface area contributed by atoms with E-state index in [1.165, 1.54) is 26.4 Å². The maximum Gasteiger partial charge on any atom is 0.346 e. The van der Waals surface area contributed by atoms with Crippen LogP contribution in [0.25, 0.3) is 0 Å². The maximum atomic E-state index is 13.0. The number of nitrogens with one attached hydrogen (secondary N) is 1. The molecule has 0 saturated carbocycles. The highest BCUT2D eigenvalue weighted by Gasteiger charge is 2.39. The van der Waals surface area contributed by atoms with Crippen molar-refractivity contribution >= 4 is 11.7 Å². The van der Waals surface area contributed by atoms with Crippen molar-refractivity contribution in [3.63, 3.8) is 0 Å². The molecule has 3 rings (SSSR count). The third-order valence-corrected chi connectivity index (χ3v) is 4.92. The predicted octanol–water partition coefficient (Wildman–Crippen LogP) is 3.05. The second-order valence-electron chi connectivity index (χ2n) is 6.48. The zero-order chi connectivity index (χ0) is 20.1. The number of rotatable bonds is 6. The van der Waals surface area contributed by atoms with Crippen molar-refractivity contribution in [1.29, 1.82) is 0 Å². The van der Waals surface area contributed by atoms with Crippen LogP contribution in [0.2, 0.25) is 0 Å². The molecular formula is C20H22N2O6. The van der Waals surface area contributed by atoms with Gasteiger partial charge < -0.3 is 19.5 Å². The van der Waals surface area contributed by atoms with Crippen LogP contribution in [0.15, 0.2) is 42.5 Å². The van der Waals surface area contributed by atoms with Crippen LogP contribution in [0, 0.1) is 10.1 Å². The first-order valence-electron chi connectivity index (χ1n) is 8.91. The predicted molar refractivity (Wildman–Crippen MR) is 102 cm³/mol. The Morgan fingerprint density at radius 2 is 1.68 bits per heavy atom. The fourth-order valence-corrected chi connectivity index (χ4v) is 3.44. The van der Waals surface area contributed by atoms with Gasteiger partial charge in [-0.2, -0.15) is 0 Å². The van der Waals surface area contributed by atoms with E-state index in [0.29, 0.717) is 25.9 Å². The van der Waals surface area contributed by atoms with Crippen molar-refractivity contribution in [2.75, 3.05) is 27.3 Å². The molecule has 0 unspecified atom stereocenters. The number of nitro benzene ring substituents is 1. The molecule has 8 heteroatoms. The molecule has 1 saturated heterocycles. The molecule has 0 amide bonds. The smallest absolute Gasteiger partial charge is 0.346 e. The Bertz CT molecular complexity index is 862. The van der Waals surface area contributed by atoms with Gasteiger partial charge in [-0.15, -0.1) is 0 Å². The molecule has 8 nitrogen and oxygen atoms in total. The van der Waals surface area contributed by atoms with Crippen molar-refractivity contribution in [2.45, 2.75) is 18.4 Å². The van der Waals surface area contributed by atoms with Gasteiger partial charge in [-0.25, -0.2) is 4.79 Å². The largest absolute Gasteiger partial charge is 0.493 e. The van der Waals surface area contributed by atoms with Crippen molar-refractivity contribution in [1.82, 2.24) is 5.32 Å². The molecule has 1 fully saturated rings. The van der Waals surface area contributed by atoms with Crippen LogP contribution >= 0.6 is 0 Å². The van der Waals surface area contributed by atoms with Crippen LogP contribution in [0.5, 0.6) is 11.5 Å². The highest BCUT2D eigenvalue weighted by molar-refractivity contribution is 5.95. The summed E-state index contributed by atoms with van der Waals surface area (Å²) in [7, 11) is 2.77. The third-order valence-electron chi connectivity index (χ3n) is 4.92. The van der Waals surface area contributed by atoms with Gasteiger partial charge in [-0.05, 0) is 18.7 Å². The second-order valence-corrected chi connectivity index (χ2v) is 6.48. The molecule has 148 valence electrons. The van der Waals surface area contributed by atoms with E-state index in [1.807, 2.05) is 30.3 Å². The van der Waals surface area contributed by atoms with E-state index >= 15 is 0 Å². The zero-order valence-corrected chi connectivity index (χ0v) is 15.8. The third kappa shape index (κ3) is 3.77. The summed E-state index contributed by atoms with van der Waals surface area (Å²) in [5.74, 6) is -0.372. The normalized spacial score (nSPS) is 15.5. The van der Waals surface area contributed by atoms with E-state index in [4.69, 9.17) is 14.2 Å². The molecule has 2 aromatic carbocycles. The Kier molecular flexibility index (Phi) is 5.79. The topological polar surface area (TPSA) is 99.9 Å². The van der Waals surface area contributed by atoms with Crippen LogP contribution < -0.4 is 14.8 Å². The van der Waals surface area contributed by atoms with E-state index in [2.05, 4.69) is 5.32 Å². The van der Waals surface area contributed by atoms with Gasteiger partial charge in [0.2, 0.25) is 0 Å². The van der Waals surface area contributed by atoms with Crippen LogP contribution in [0.1, 0.15) is 28.8 Å². The minimum atomic E-state index is -0.843. The van der Waals surface area contributed by atoms with E-state index in [-0.39, 0.29) is 22.7 Å². The van der Waals surface area contributed by atoms with E-state index in [9.17, 15) is 14.9 Å². The number of hydrogen-bond donors (Lipinski definition) is 1. The van der Waals surface area contributed by atoms with Crippen LogP contribution in [0.4, 0.5) is 5.69 Å². The number of hydrogen-bond acceptors (Lipinski definition) is 7. The van der Waals surface area contributed by atoms with Gasteiger partial charge in [0, 0.05) is 18.9 Å². The number of nitro groups is 1. The Labute approximate surface area is 162 Å². The average molecular weight is 386 g/mol. The second kappa shape index (κ2) is 8.26. The number of benzene rings is 2. The van der Waals surface area contributed by atoms with Crippen LogP contribution in [-0.2, 0) is 10.3 Å². The molecule has 1 aliphatic heterocycles. The van der Waals surface area contributed by atoms with E-state index in [1.54, 1.807) is 0 Å². The summed E-state index contributed by atoms with van der Waals surface area (Å²) >= 11 is 0. The minimum Gasteiger partial charge on any atom is -0.493 e. The lowest BCUT2D eigenvalue weighted by Gasteiger charge is -2.37. The van der Waals surface area contributed by atoms with Gasteiger partial charge in [0.15, 0.2) is 11.5 Å². The molecule has 2 aromatic rings. The summed E-state index contributed by atoms with van der Waals surface area (Å²) in [6.45, 7) is 1.35. The van der Waals surface area contributed by atoms with Gasteiger partial charge in [0.1, 0.15) is 11.2 Å². The standard InChI is InChI=1S/C20H22N2O6/c1-26-17-12-15(16(22(24)25)13-18(17)27-2)19(23)28-20(8-10-21-11-9-20)14-6-4-3-5-7-14/h3-7,12-13,21H,8-11H2,1-2H3. The summed E-state index contributed by atoms with van der Waals surface area (Å²) in [6, 6.07) is 11.9. The summed E-state index contributed by atoms with van der Waals surface area (Å²) < 4.78 is 16.2. The van der Waals surface area contributed by atoms with Gasteiger partial charge in [0.25, 0.3) is 5.69 Å². The molecule has 28 heavy (non-hydrogen) atoms. The number of nitrogens with zero attached hydrogens (tertiary/aromatic N) is 1. The van der Waals surface area contributed by atoms with Gasteiger partial charge in [-0.3, -0.25) is 10.1 Å². The molecule has 0 aliphatic carbocycles. The fourth-order valence-electron chi connectivity index (χ4n) is 3.44. The molecule has 0 radical (unpaired) electrons. The Balaban J connectivity index is 2.02. The molecule has 0 atom stereocenters. The van der Waals surface area contributed by atoms with Crippen molar-refractivity contribution in [3.05, 3.63) is 63.7 Å². The monoisotopic (exact) mass is 386 g/mol. The maximum absolute atomic E-state index is 13.0. The average Bonchev–Trinajstić information content (AvgIpc) is 2.73. The Hall–Kier alpha value is -3.13. The van der Waals surface area contributed by atoms with Crippen LogP contribution in [-0.4, -0.2) is 38.2 Å². The van der Waals surface area contributed by atoms with Gasteiger partial charge >= 0.3 is 5.97 Å². The van der Waals surface area contributed by atoms with Crippen molar-refractivity contribution < 1.29 is 23.9 Å². The number of carbonyl (C=O) groups is 1. The highest BCUT2D eigenvalue weighted by Crippen LogP contribution is 2.39. The minimum absolute atomic E-state index is 0.170. The number of esters is 1. The lowest BCUT2D eigenvalue weighted by atomic mass is 9.84. The van der Waals surface area contributed by atoms with E-state index < -0.39 is 16.5 Å². The SMILES string of the molecule is COc1cc(C(=O)OC2(c3ccccc3)CCNCC2)c([N+](=O)[O-])cc1OC. The number of methoxy groups -OCH3 is 2. The van der Waals surface area contributed by atoms with Crippen molar-refractivity contribution in [3.8, 4) is 11.5 Å². The molecular weight excluding hydrogens is 364 g/mol. The zero-order valence-electron chi connectivity index (χ0n) is 15.8. The van der Waals surface area contributed by atoms with Gasteiger partial charge in [-0.1, -0.05) is 30.3 Å². The van der Waals surface area contributed by atoms with Crippen molar-refractivity contribution in [2.24, 2.45) is 0 Å². The fraction of sp³-hybridized carbons (Fsp3) is 0.350. The van der Waals surface area contributed by atoms with Gasteiger partial charge in [0.05, 0.1) is 25.2 Å². The molecule has 1 heterocycles. The number of carbonyl (C=O) groups excluding carboxylic acids is 1. The Morgan fingerprint density at radius 1 is 1.07 bits per heavy atom. The molecule has 0 spiro atoms. The summed E-state index contributed by atoms with van der Waals surface area (Å²) in [6.07, 6.45) is 1.15. The highest BCUT2D eigenvalue weighted by atomic mass is 16.6. The van der Waals surface area contributed by atoms with Crippen LogP contribution in [0.3, 0.4) is 0 Å². The summed E-state index contributed by atoms with van der Waals surface area (Å²) in [4.78, 5) is 23.9. The summed E-state index contributed by atoms with van der Waals surface area (Å²) in [5.41, 5.74) is -0.533. The first kappa shape index (κ1) is 19.6. The Morgan fingerprint density at radius 3 is 2.25 bits per heavy atom. The molecule has 0 aromatic heterocycles. The molecule has 1 aliphatic rings. The molecule has 0 bridgehead atoms. The lowest BCUT2D eigenvalue weighted by molar-refractivity contribution is -0.385. The lowest BCUT2D eigenvalue weighted by Crippen LogP contribution is -2.43. The first-order chi connectivity index (χ1) is 13.5.